The number of carbonyl (C=O) groups is 1. The summed E-state index contributed by atoms with van der Waals surface area (Å²) in [5.41, 5.74) is 1.98. The van der Waals surface area contributed by atoms with Crippen molar-refractivity contribution in [2.75, 3.05) is 0 Å². The first-order valence-corrected chi connectivity index (χ1v) is 6.57. The minimum Gasteiger partial charge on any atom is -0.508 e. The number of benzene rings is 1. The monoisotopic (exact) mass is 290 g/mol. The lowest BCUT2D eigenvalue weighted by molar-refractivity contribution is 0.0939. The molecule has 0 radical (unpaired) electrons. The van der Waals surface area contributed by atoms with Crippen LogP contribution in [-0.2, 0) is 0 Å². The average molecular weight is 291 g/mol. The number of nitrogens with zero attached hydrogens (tertiary/aromatic N) is 1. The van der Waals surface area contributed by atoms with Gasteiger partial charge in [-0.2, -0.15) is 0 Å². The number of hydrogen-bond acceptors (Lipinski definition) is 3. The Kier molecular flexibility index (Phi) is 4.25. The SMILES string of the molecule is Cc1cc(C(=O)N[C@@H](C)c2cccc(O)c2)cc(Cl)n1. The number of nitrogens with one attached hydrogen (secondary N) is 1. The van der Waals surface area contributed by atoms with Crippen LogP contribution < -0.4 is 5.32 Å². The summed E-state index contributed by atoms with van der Waals surface area (Å²) in [5, 5.41) is 12.6. The normalized spacial score (nSPS) is 11.9. The highest BCUT2D eigenvalue weighted by Crippen LogP contribution is 2.18. The van der Waals surface area contributed by atoms with Crippen molar-refractivity contribution in [1.29, 1.82) is 0 Å². The van der Waals surface area contributed by atoms with E-state index in [-0.39, 0.29) is 17.7 Å². The van der Waals surface area contributed by atoms with Gasteiger partial charge >= 0.3 is 0 Å². The fourth-order valence-corrected chi connectivity index (χ4v) is 2.17. The van der Waals surface area contributed by atoms with E-state index in [0.717, 1.165) is 5.56 Å². The smallest absolute Gasteiger partial charge is 0.251 e. The first-order chi connectivity index (χ1) is 9.45. The third kappa shape index (κ3) is 3.48. The summed E-state index contributed by atoms with van der Waals surface area (Å²) in [5.74, 6) is -0.0559. The Bertz CT molecular complexity index is 623. The molecule has 1 aromatic carbocycles. The van der Waals surface area contributed by atoms with Crippen LogP contribution in [0.3, 0.4) is 0 Å². The van der Waals surface area contributed by atoms with Crippen molar-refractivity contribution in [3.8, 4) is 5.75 Å². The molecule has 0 aliphatic heterocycles. The predicted molar refractivity (Wildman–Crippen MR) is 78.0 cm³/mol. The van der Waals surface area contributed by atoms with Crippen LogP contribution in [0.1, 0.15) is 34.6 Å². The number of aromatic nitrogens is 1. The minimum absolute atomic E-state index is 0.173. The first-order valence-electron chi connectivity index (χ1n) is 6.19. The van der Waals surface area contributed by atoms with Crippen LogP contribution in [0.5, 0.6) is 5.75 Å². The molecule has 1 atom stereocenters. The fourth-order valence-electron chi connectivity index (χ4n) is 1.92. The van der Waals surface area contributed by atoms with Crippen LogP contribution in [0, 0.1) is 6.92 Å². The van der Waals surface area contributed by atoms with E-state index in [1.165, 1.54) is 6.07 Å². The maximum absolute atomic E-state index is 12.2. The van der Waals surface area contributed by atoms with Crippen molar-refractivity contribution in [2.24, 2.45) is 0 Å². The molecule has 0 aliphatic carbocycles. The molecule has 2 rings (SSSR count). The topological polar surface area (TPSA) is 62.2 Å². The maximum Gasteiger partial charge on any atom is 0.251 e. The molecule has 0 fully saturated rings. The van der Waals surface area contributed by atoms with Crippen LogP contribution in [0.2, 0.25) is 5.15 Å². The van der Waals surface area contributed by atoms with Gasteiger partial charge in [0.2, 0.25) is 0 Å². The number of phenols is 1. The van der Waals surface area contributed by atoms with E-state index >= 15 is 0 Å². The highest BCUT2D eigenvalue weighted by Gasteiger charge is 2.13. The second-order valence-electron chi connectivity index (χ2n) is 4.61. The Morgan fingerprint density at radius 2 is 2.10 bits per heavy atom. The van der Waals surface area contributed by atoms with Gasteiger partial charge in [0.25, 0.3) is 5.91 Å². The van der Waals surface area contributed by atoms with Gasteiger partial charge in [0.05, 0.1) is 6.04 Å². The molecule has 20 heavy (non-hydrogen) atoms. The van der Waals surface area contributed by atoms with Gasteiger partial charge in [-0.25, -0.2) is 4.98 Å². The van der Waals surface area contributed by atoms with Crippen molar-refractivity contribution in [3.63, 3.8) is 0 Å². The van der Waals surface area contributed by atoms with Gasteiger partial charge in [0.15, 0.2) is 0 Å². The second kappa shape index (κ2) is 5.92. The van der Waals surface area contributed by atoms with Crippen molar-refractivity contribution in [2.45, 2.75) is 19.9 Å². The first kappa shape index (κ1) is 14.3. The van der Waals surface area contributed by atoms with Crippen molar-refractivity contribution in [1.82, 2.24) is 10.3 Å². The molecule has 0 saturated heterocycles. The van der Waals surface area contributed by atoms with Gasteiger partial charge in [0.1, 0.15) is 10.9 Å². The third-order valence-corrected chi connectivity index (χ3v) is 3.10. The van der Waals surface area contributed by atoms with Crippen molar-refractivity contribution in [3.05, 3.63) is 58.4 Å². The Hall–Kier alpha value is -2.07. The number of phenolic OH excluding ortho intramolecular Hbond substituents is 1. The predicted octanol–water partition coefficient (Wildman–Crippen LogP) is 3.24. The summed E-state index contributed by atoms with van der Waals surface area (Å²) in [6, 6.07) is 9.77. The summed E-state index contributed by atoms with van der Waals surface area (Å²) in [7, 11) is 0. The standard InChI is InChI=1S/C15H15ClN2O2/c1-9-6-12(8-14(16)17-9)15(20)18-10(2)11-4-3-5-13(19)7-11/h3-8,10,19H,1-2H3,(H,18,20)/t10-/m0/s1. The van der Waals surface area contributed by atoms with E-state index < -0.39 is 0 Å². The van der Waals surface area contributed by atoms with Crippen LogP contribution in [0.4, 0.5) is 0 Å². The molecule has 0 aliphatic rings. The fraction of sp³-hybridized carbons (Fsp3) is 0.200. The lowest BCUT2D eigenvalue weighted by Gasteiger charge is -2.15. The van der Waals surface area contributed by atoms with Gasteiger partial charge in [-0.05, 0) is 43.7 Å². The zero-order valence-electron chi connectivity index (χ0n) is 11.2. The Morgan fingerprint density at radius 3 is 2.75 bits per heavy atom. The van der Waals surface area contributed by atoms with E-state index in [4.69, 9.17) is 11.6 Å². The zero-order chi connectivity index (χ0) is 14.7. The van der Waals surface area contributed by atoms with Crippen LogP contribution in [0.15, 0.2) is 36.4 Å². The highest BCUT2D eigenvalue weighted by molar-refractivity contribution is 6.29. The molecule has 4 nitrogen and oxygen atoms in total. The minimum atomic E-state index is -0.228. The molecular formula is C15H15ClN2O2. The van der Waals surface area contributed by atoms with Gasteiger partial charge < -0.3 is 10.4 Å². The van der Waals surface area contributed by atoms with Crippen LogP contribution >= 0.6 is 11.6 Å². The molecule has 1 amide bonds. The quantitative estimate of drug-likeness (QED) is 0.853. The van der Waals surface area contributed by atoms with E-state index in [1.54, 1.807) is 31.2 Å². The lowest BCUT2D eigenvalue weighted by atomic mass is 10.1. The number of aromatic hydroxyl groups is 1. The summed E-state index contributed by atoms with van der Waals surface area (Å²) in [4.78, 5) is 16.2. The second-order valence-corrected chi connectivity index (χ2v) is 5.00. The van der Waals surface area contributed by atoms with Gasteiger partial charge in [-0.3, -0.25) is 4.79 Å². The highest BCUT2D eigenvalue weighted by atomic mass is 35.5. The molecule has 2 aromatic rings. The van der Waals surface area contributed by atoms with E-state index in [1.807, 2.05) is 13.0 Å². The van der Waals surface area contributed by atoms with Crippen molar-refractivity contribution < 1.29 is 9.90 Å². The molecule has 0 spiro atoms. The summed E-state index contributed by atoms with van der Waals surface area (Å²) >= 11 is 5.84. The molecule has 2 N–H and O–H groups in total. The summed E-state index contributed by atoms with van der Waals surface area (Å²) in [6.45, 7) is 3.63. The number of carbonyl (C=O) groups excluding carboxylic acids is 1. The third-order valence-electron chi connectivity index (χ3n) is 2.90. The molecule has 1 heterocycles. The van der Waals surface area contributed by atoms with E-state index in [0.29, 0.717) is 16.4 Å². The zero-order valence-corrected chi connectivity index (χ0v) is 12.0. The lowest BCUT2D eigenvalue weighted by Crippen LogP contribution is -2.26. The van der Waals surface area contributed by atoms with Gasteiger partial charge in [-0.1, -0.05) is 23.7 Å². The molecule has 104 valence electrons. The molecular weight excluding hydrogens is 276 g/mol. The number of hydrogen-bond donors (Lipinski definition) is 2. The van der Waals surface area contributed by atoms with E-state index in [2.05, 4.69) is 10.3 Å². The summed E-state index contributed by atoms with van der Waals surface area (Å²) in [6.07, 6.45) is 0. The number of amides is 1. The number of pyridine rings is 1. The average Bonchev–Trinajstić information content (AvgIpc) is 2.37. The van der Waals surface area contributed by atoms with Gasteiger partial charge in [0, 0.05) is 11.3 Å². The summed E-state index contributed by atoms with van der Waals surface area (Å²) < 4.78 is 0. The van der Waals surface area contributed by atoms with Crippen LogP contribution in [-0.4, -0.2) is 16.0 Å². The number of aryl methyl sites for hydroxylation is 1. The van der Waals surface area contributed by atoms with Crippen molar-refractivity contribution >= 4 is 17.5 Å². The van der Waals surface area contributed by atoms with Gasteiger partial charge in [-0.15, -0.1) is 0 Å². The maximum atomic E-state index is 12.2. The largest absolute Gasteiger partial charge is 0.508 e. The Balaban J connectivity index is 2.15. The number of rotatable bonds is 3. The molecule has 0 bridgehead atoms. The molecule has 0 saturated carbocycles. The Labute approximate surface area is 122 Å². The number of halogens is 1. The molecule has 0 unspecified atom stereocenters. The Morgan fingerprint density at radius 1 is 1.35 bits per heavy atom. The molecule has 5 heteroatoms. The van der Waals surface area contributed by atoms with Crippen LogP contribution in [0.25, 0.3) is 0 Å². The van der Waals surface area contributed by atoms with E-state index in [9.17, 15) is 9.90 Å². The molecule has 1 aromatic heterocycles.